The standard InChI is InChI=1S/C21H21ClN2O4S/c1-15-19(24-21(28-15)17-8-5-9-18(22)12-17)13-29(26,27)14-20(25)23-11-10-16-6-3-2-4-7-16/h2-9,12H,10-11,13-14H2,1H3,(H,23,25). The molecule has 0 aliphatic carbocycles. The maximum absolute atomic E-state index is 12.4. The first-order chi connectivity index (χ1) is 13.8. The van der Waals surface area contributed by atoms with Gasteiger partial charge in [0.1, 0.15) is 11.5 Å². The summed E-state index contributed by atoms with van der Waals surface area (Å²) in [6.45, 7) is 2.02. The van der Waals surface area contributed by atoms with E-state index in [1.807, 2.05) is 30.3 Å². The van der Waals surface area contributed by atoms with Crippen molar-refractivity contribution in [3.63, 3.8) is 0 Å². The molecule has 1 aromatic heterocycles. The lowest BCUT2D eigenvalue weighted by Gasteiger charge is -2.06. The van der Waals surface area contributed by atoms with Gasteiger partial charge in [-0.1, -0.05) is 48.0 Å². The van der Waals surface area contributed by atoms with Crippen LogP contribution in [0.3, 0.4) is 0 Å². The molecule has 0 bridgehead atoms. The summed E-state index contributed by atoms with van der Waals surface area (Å²) in [7, 11) is -3.69. The second-order valence-corrected chi connectivity index (χ2v) is 9.15. The number of nitrogens with zero attached hydrogens (tertiary/aromatic N) is 1. The fourth-order valence-electron chi connectivity index (χ4n) is 2.81. The van der Waals surface area contributed by atoms with Crippen molar-refractivity contribution in [1.29, 1.82) is 0 Å². The van der Waals surface area contributed by atoms with Gasteiger partial charge in [-0.2, -0.15) is 0 Å². The largest absolute Gasteiger partial charge is 0.441 e. The monoisotopic (exact) mass is 432 g/mol. The first-order valence-electron chi connectivity index (χ1n) is 9.06. The molecule has 1 amide bonds. The zero-order chi connectivity index (χ0) is 20.9. The number of oxazole rings is 1. The zero-order valence-corrected chi connectivity index (χ0v) is 17.5. The Morgan fingerprint density at radius 2 is 1.90 bits per heavy atom. The molecule has 2 aromatic carbocycles. The molecule has 0 atom stereocenters. The van der Waals surface area contributed by atoms with E-state index in [4.69, 9.17) is 16.0 Å². The molecule has 6 nitrogen and oxygen atoms in total. The number of rotatable bonds is 8. The molecule has 3 aromatic rings. The Kier molecular flexibility index (Phi) is 6.71. The van der Waals surface area contributed by atoms with E-state index in [0.717, 1.165) is 5.56 Å². The summed E-state index contributed by atoms with van der Waals surface area (Å²) in [5, 5.41) is 3.18. The summed E-state index contributed by atoms with van der Waals surface area (Å²) >= 11 is 5.98. The van der Waals surface area contributed by atoms with Crippen LogP contribution in [0.1, 0.15) is 17.0 Å². The van der Waals surface area contributed by atoms with E-state index in [-0.39, 0.29) is 11.4 Å². The van der Waals surface area contributed by atoms with E-state index < -0.39 is 21.5 Å². The van der Waals surface area contributed by atoms with E-state index in [9.17, 15) is 13.2 Å². The maximum Gasteiger partial charge on any atom is 0.235 e. The Bertz CT molecular complexity index is 1090. The van der Waals surface area contributed by atoms with Gasteiger partial charge in [-0.05, 0) is 37.1 Å². The Labute approximate surface area is 174 Å². The molecule has 0 radical (unpaired) electrons. The van der Waals surface area contributed by atoms with Gasteiger partial charge in [0.15, 0.2) is 9.84 Å². The van der Waals surface area contributed by atoms with Crippen molar-refractivity contribution in [3.05, 3.63) is 76.6 Å². The second kappa shape index (κ2) is 9.24. The third kappa shape index (κ3) is 6.17. The number of hydrogen-bond donors (Lipinski definition) is 1. The average Bonchev–Trinajstić information content (AvgIpc) is 3.02. The Morgan fingerprint density at radius 3 is 2.62 bits per heavy atom. The van der Waals surface area contributed by atoms with E-state index in [0.29, 0.717) is 35.2 Å². The Morgan fingerprint density at radius 1 is 1.14 bits per heavy atom. The zero-order valence-electron chi connectivity index (χ0n) is 15.9. The SMILES string of the molecule is Cc1oc(-c2cccc(Cl)c2)nc1CS(=O)(=O)CC(=O)NCCc1ccccc1. The quantitative estimate of drug-likeness (QED) is 0.587. The number of hydrogen-bond acceptors (Lipinski definition) is 5. The number of aromatic nitrogens is 1. The number of amides is 1. The van der Waals surface area contributed by atoms with Gasteiger partial charge in [0.2, 0.25) is 11.8 Å². The lowest BCUT2D eigenvalue weighted by atomic mass is 10.1. The van der Waals surface area contributed by atoms with Gasteiger partial charge in [0, 0.05) is 17.1 Å². The normalized spacial score (nSPS) is 11.4. The predicted octanol–water partition coefficient (Wildman–Crippen LogP) is 3.58. The van der Waals surface area contributed by atoms with Gasteiger partial charge in [0.25, 0.3) is 0 Å². The smallest absolute Gasteiger partial charge is 0.235 e. The molecule has 0 spiro atoms. The van der Waals surface area contributed by atoms with E-state index in [2.05, 4.69) is 10.3 Å². The number of nitrogens with one attached hydrogen (secondary N) is 1. The summed E-state index contributed by atoms with van der Waals surface area (Å²) < 4.78 is 30.4. The van der Waals surface area contributed by atoms with E-state index in [1.54, 1.807) is 31.2 Å². The number of carbonyl (C=O) groups excluding carboxylic acids is 1. The Hall–Kier alpha value is -2.64. The number of carbonyl (C=O) groups is 1. The summed E-state index contributed by atoms with van der Waals surface area (Å²) in [5.41, 5.74) is 2.02. The van der Waals surface area contributed by atoms with Crippen molar-refractivity contribution in [2.75, 3.05) is 12.3 Å². The van der Waals surface area contributed by atoms with Gasteiger partial charge < -0.3 is 9.73 Å². The van der Waals surface area contributed by atoms with Crippen molar-refractivity contribution in [3.8, 4) is 11.5 Å². The molecule has 8 heteroatoms. The molecular weight excluding hydrogens is 412 g/mol. The second-order valence-electron chi connectivity index (χ2n) is 6.65. The molecule has 152 valence electrons. The third-order valence-corrected chi connectivity index (χ3v) is 5.90. The molecular formula is C21H21ClN2O4S. The third-order valence-electron chi connectivity index (χ3n) is 4.25. The van der Waals surface area contributed by atoms with Crippen LogP contribution in [-0.4, -0.2) is 31.6 Å². The molecule has 0 saturated heterocycles. The summed E-state index contributed by atoms with van der Waals surface area (Å²) in [6, 6.07) is 16.6. The minimum absolute atomic E-state index is 0.289. The predicted molar refractivity (Wildman–Crippen MR) is 112 cm³/mol. The number of aryl methyl sites for hydroxylation is 1. The van der Waals surface area contributed by atoms with Crippen LogP contribution in [0.2, 0.25) is 5.02 Å². The van der Waals surface area contributed by atoms with Crippen molar-refractivity contribution >= 4 is 27.3 Å². The van der Waals surface area contributed by atoms with Crippen LogP contribution < -0.4 is 5.32 Å². The summed E-state index contributed by atoms with van der Waals surface area (Å²) in [6.07, 6.45) is 0.637. The Balaban J connectivity index is 1.58. The minimum atomic E-state index is -3.69. The minimum Gasteiger partial charge on any atom is -0.441 e. The molecule has 0 aliphatic heterocycles. The molecule has 29 heavy (non-hydrogen) atoms. The number of halogens is 1. The molecule has 0 aliphatic rings. The van der Waals surface area contributed by atoms with Crippen LogP contribution in [0.4, 0.5) is 0 Å². The molecule has 0 fully saturated rings. The fourth-order valence-corrected chi connectivity index (χ4v) is 4.29. The van der Waals surface area contributed by atoms with Crippen LogP contribution in [0.15, 0.2) is 59.0 Å². The first kappa shape index (κ1) is 21.1. The van der Waals surface area contributed by atoms with Gasteiger partial charge in [-0.3, -0.25) is 4.79 Å². The van der Waals surface area contributed by atoms with Crippen LogP contribution in [0.25, 0.3) is 11.5 Å². The highest BCUT2D eigenvalue weighted by atomic mass is 35.5. The molecule has 1 N–H and O–H groups in total. The molecule has 0 saturated carbocycles. The highest BCUT2D eigenvalue weighted by Crippen LogP contribution is 2.25. The topological polar surface area (TPSA) is 89.3 Å². The summed E-state index contributed by atoms with van der Waals surface area (Å²) in [5.74, 6) is -0.803. The highest BCUT2D eigenvalue weighted by Gasteiger charge is 2.22. The highest BCUT2D eigenvalue weighted by molar-refractivity contribution is 7.91. The van der Waals surface area contributed by atoms with Crippen molar-refractivity contribution in [1.82, 2.24) is 10.3 Å². The maximum atomic E-state index is 12.4. The van der Waals surface area contributed by atoms with Crippen molar-refractivity contribution in [2.24, 2.45) is 0 Å². The molecule has 3 rings (SSSR count). The average molecular weight is 433 g/mol. The van der Waals surface area contributed by atoms with Gasteiger partial charge in [0.05, 0.1) is 11.4 Å². The van der Waals surface area contributed by atoms with Gasteiger partial charge in [-0.15, -0.1) is 0 Å². The molecule has 1 heterocycles. The van der Waals surface area contributed by atoms with E-state index >= 15 is 0 Å². The summed E-state index contributed by atoms with van der Waals surface area (Å²) in [4.78, 5) is 16.3. The lowest BCUT2D eigenvalue weighted by molar-refractivity contribution is -0.118. The van der Waals surface area contributed by atoms with Gasteiger partial charge >= 0.3 is 0 Å². The van der Waals surface area contributed by atoms with Crippen LogP contribution in [-0.2, 0) is 26.8 Å². The molecule has 0 unspecified atom stereocenters. The van der Waals surface area contributed by atoms with Gasteiger partial charge in [-0.25, -0.2) is 13.4 Å². The van der Waals surface area contributed by atoms with Crippen LogP contribution in [0, 0.1) is 6.92 Å². The fraction of sp³-hybridized carbons (Fsp3) is 0.238. The number of sulfone groups is 1. The van der Waals surface area contributed by atoms with E-state index in [1.165, 1.54) is 0 Å². The van der Waals surface area contributed by atoms with Crippen LogP contribution in [0.5, 0.6) is 0 Å². The number of benzene rings is 2. The first-order valence-corrected chi connectivity index (χ1v) is 11.3. The van der Waals surface area contributed by atoms with Crippen molar-refractivity contribution in [2.45, 2.75) is 19.1 Å². The van der Waals surface area contributed by atoms with Crippen LogP contribution >= 0.6 is 11.6 Å². The van der Waals surface area contributed by atoms with Crippen molar-refractivity contribution < 1.29 is 17.6 Å². The lowest BCUT2D eigenvalue weighted by Crippen LogP contribution is -2.32.